The topological polar surface area (TPSA) is 76.7 Å². The number of nitrogens with zero attached hydrogens (tertiary/aromatic N) is 3. The summed E-state index contributed by atoms with van der Waals surface area (Å²) < 4.78 is 8.06. The van der Waals surface area contributed by atoms with Gasteiger partial charge >= 0.3 is 0 Å². The molecule has 2 aromatic heterocycles. The maximum atomic E-state index is 13.2. The Balaban J connectivity index is 1.61. The summed E-state index contributed by atoms with van der Waals surface area (Å²) in [5, 5.41) is 3.97. The highest BCUT2D eigenvalue weighted by Crippen LogP contribution is 2.24. The van der Waals surface area contributed by atoms with Gasteiger partial charge in [0.05, 0.1) is 42.1 Å². The van der Waals surface area contributed by atoms with Gasteiger partial charge in [0.25, 0.3) is 5.56 Å². The lowest BCUT2D eigenvalue weighted by Gasteiger charge is -2.22. The highest BCUT2D eigenvalue weighted by atomic mass is 32.1. The number of benzene rings is 1. The zero-order valence-corrected chi connectivity index (χ0v) is 17.8. The van der Waals surface area contributed by atoms with Gasteiger partial charge < -0.3 is 9.64 Å². The van der Waals surface area contributed by atoms with Crippen molar-refractivity contribution in [1.82, 2.24) is 14.8 Å². The minimum atomic E-state index is -0.0625. The molecule has 0 atom stereocenters. The van der Waals surface area contributed by atoms with E-state index in [1.54, 1.807) is 4.68 Å². The van der Waals surface area contributed by atoms with Gasteiger partial charge in [-0.25, -0.2) is 4.98 Å². The number of thiazole rings is 1. The second-order valence-electron chi connectivity index (χ2n) is 7.40. The maximum Gasteiger partial charge on any atom is 0.282 e. The molecule has 1 aromatic carbocycles. The van der Waals surface area contributed by atoms with Gasteiger partial charge in [0.2, 0.25) is 5.13 Å². The number of nitrogens with one attached hydrogen (secondary N) is 2. The molecule has 0 aliphatic carbocycles. The van der Waals surface area contributed by atoms with Crippen molar-refractivity contribution in [3.8, 4) is 5.13 Å². The van der Waals surface area contributed by atoms with Crippen LogP contribution in [0, 0.1) is 0 Å². The molecule has 1 saturated heterocycles. The number of hydrogen-bond donors (Lipinski definition) is 2. The van der Waals surface area contributed by atoms with Crippen LogP contribution in [-0.2, 0) is 11.2 Å². The number of H-pyrrole nitrogens is 1. The van der Waals surface area contributed by atoms with Crippen LogP contribution in [0.4, 0.5) is 0 Å². The zero-order valence-electron chi connectivity index (χ0n) is 17.0. The summed E-state index contributed by atoms with van der Waals surface area (Å²) in [6.07, 6.45) is 1.77. The molecule has 0 radical (unpaired) electrons. The molecular formula is C21H28N5O2S+. The predicted octanol–water partition coefficient (Wildman–Crippen LogP) is 1.45. The quantitative estimate of drug-likeness (QED) is 0.575. The first-order chi connectivity index (χ1) is 14.2. The smallest absolute Gasteiger partial charge is 0.282 e. The van der Waals surface area contributed by atoms with Crippen molar-refractivity contribution in [1.29, 1.82) is 0 Å². The Morgan fingerprint density at radius 3 is 2.90 bits per heavy atom. The van der Waals surface area contributed by atoms with Gasteiger partial charge in [-0.3, -0.25) is 14.9 Å². The molecule has 2 N–H and O–H groups in total. The van der Waals surface area contributed by atoms with Gasteiger partial charge in [-0.05, 0) is 25.5 Å². The average Bonchev–Trinajstić information content (AvgIpc) is 3.30. The van der Waals surface area contributed by atoms with Gasteiger partial charge in [0, 0.05) is 11.4 Å². The third-order valence-electron chi connectivity index (χ3n) is 5.32. The minimum Gasteiger partial charge on any atom is -0.370 e. The van der Waals surface area contributed by atoms with Crippen molar-refractivity contribution in [2.45, 2.75) is 26.7 Å². The second kappa shape index (κ2) is 9.02. The molecule has 0 amide bonds. The van der Waals surface area contributed by atoms with E-state index in [4.69, 9.17) is 9.73 Å². The monoisotopic (exact) mass is 414 g/mol. The molecule has 3 heterocycles. The van der Waals surface area contributed by atoms with Crippen molar-refractivity contribution in [2.75, 3.05) is 39.4 Å². The van der Waals surface area contributed by atoms with Gasteiger partial charge in [0.1, 0.15) is 13.1 Å². The predicted molar refractivity (Wildman–Crippen MR) is 117 cm³/mol. The number of ether oxygens (including phenoxy) is 1. The molecule has 0 unspecified atom stereocenters. The Bertz CT molecular complexity index is 1030. The summed E-state index contributed by atoms with van der Waals surface area (Å²) >= 11 is 1.52. The van der Waals surface area contributed by atoms with E-state index in [0.29, 0.717) is 10.7 Å². The third-order valence-corrected chi connectivity index (χ3v) is 6.34. The Morgan fingerprint density at radius 1 is 1.34 bits per heavy atom. The number of quaternary nitrogens is 1. The summed E-state index contributed by atoms with van der Waals surface area (Å²) in [5.41, 5.74) is 3.29. The summed E-state index contributed by atoms with van der Waals surface area (Å²) in [6.45, 7) is 9.46. The fourth-order valence-corrected chi connectivity index (χ4v) is 4.67. The van der Waals surface area contributed by atoms with Crippen LogP contribution >= 0.6 is 11.3 Å². The maximum absolute atomic E-state index is 13.2. The molecule has 7 nitrogen and oxygen atoms in total. The van der Waals surface area contributed by atoms with E-state index in [2.05, 4.69) is 17.0 Å². The summed E-state index contributed by atoms with van der Waals surface area (Å²) in [5.74, 6) is 0. The molecule has 1 aliphatic heterocycles. The number of aryl methyl sites for hydroxylation is 1. The molecule has 8 heteroatoms. The molecule has 154 valence electrons. The Kier molecular flexibility index (Phi) is 6.22. The standard InChI is InChI=1S/C21H27N5O2S/c1-3-6-17-19(15(2)22-9-10-25-11-13-28-14-12-25)20(27)26(24-17)21-23-16-7-4-5-8-18(16)29-21/h4-5,7-8,24H,3,6,9-14H2,1-2H3/p+1. The van der Waals surface area contributed by atoms with Crippen molar-refractivity contribution in [2.24, 2.45) is 4.99 Å². The molecule has 3 aromatic rings. The number of para-hydroxylation sites is 1. The van der Waals surface area contributed by atoms with E-state index in [1.165, 1.54) is 16.2 Å². The van der Waals surface area contributed by atoms with E-state index in [9.17, 15) is 4.79 Å². The molecule has 4 rings (SSSR count). The van der Waals surface area contributed by atoms with E-state index >= 15 is 0 Å². The zero-order chi connectivity index (χ0) is 20.2. The lowest BCUT2D eigenvalue weighted by Crippen LogP contribution is -3.14. The molecule has 0 saturated carbocycles. The Labute approximate surface area is 174 Å². The lowest BCUT2D eigenvalue weighted by atomic mass is 10.1. The largest absolute Gasteiger partial charge is 0.370 e. The van der Waals surface area contributed by atoms with Crippen LogP contribution in [0.15, 0.2) is 34.1 Å². The number of fused-ring (bicyclic) bond motifs is 1. The van der Waals surface area contributed by atoms with E-state index in [1.807, 2.05) is 31.2 Å². The summed E-state index contributed by atoms with van der Waals surface area (Å²) in [4.78, 5) is 24.1. The van der Waals surface area contributed by atoms with Gasteiger partial charge in [-0.1, -0.05) is 36.8 Å². The lowest BCUT2D eigenvalue weighted by molar-refractivity contribution is -0.906. The Hall–Kier alpha value is -2.29. The van der Waals surface area contributed by atoms with Crippen molar-refractivity contribution >= 4 is 27.3 Å². The van der Waals surface area contributed by atoms with E-state index < -0.39 is 0 Å². The number of hydrogen-bond acceptors (Lipinski definition) is 5. The minimum absolute atomic E-state index is 0.0625. The normalized spacial score (nSPS) is 16.0. The second-order valence-corrected chi connectivity index (χ2v) is 8.41. The molecule has 0 spiro atoms. The molecule has 0 bridgehead atoms. The number of aromatic amines is 1. The van der Waals surface area contributed by atoms with Gasteiger partial charge in [-0.2, -0.15) is 4.68 Å². The van der Waals surface area contributed by atoms with Crippen molar-refractivity contribution in [3.63, 3.8) is 0 Å². The molecular weight excluding hydrogens is 386 g/mol. The first-order valence-corrected chi connectivity index (χ1v) is 11.1. The highest BCUT2D eigenvalue weighted by molar-refractivity contribution is 7.20. The number of aliphatic imine (C=N–C) groups is 1. The van der Waals surface area contributed by atoms with Crippen LogP contribution in [-0.4, -0.2) is 59.9 Å². The van der Waals surface area contributed by atoms with Crippen LogP contribution in [0.5, 0.6) is 0 Å². The van der Waals surface area contributed by atoms with Crippen LogP contribution in [0.25, 0.3) is 15.3 Å². The SMILES string of the molecule is CCCc1[nH]n(-c2nc3ccccc3s2)c(=O)c1C(C)=NCC[NH+]1CCOCC1. The van der Waals surface area contributed by atoms with Crippen molar-refractivity contribution in [3.05, 3.63) is 45.9 Å². The van der Waals surface area contributed by atoms with Crippen LogP contribution < -0.4 is 10.5 Å². The first-order valence-electron chi connectivity index (χ1n) is 10.3. The molecule has 29 heavy (non-hydrogen) atoms. The Morgan fingerprint density at radius 2 is 2.14 bits per heavy atom. The fourth-order valence-electron chi connectivity index (χ4n) is 3.75. The van der Waals surface area contributed by atoms with Crippen LogP contribution in [0.1, 0.15) is 31.5 Å². The molecule has 1 fully saturated rings. The van der Waals surface area contributed by atoms with E-state index in [0.717, 1.165) is 73.9 Å². The third kappa shape index (κ3) is 4.34. The average molecular weight is 415 g/mol. The van der Waals surface area contributed by atoms with Crippen molar-refractivity contribution < 1.29 is 9.64 Å². The van der Waals surface area contributed by atoms with E-state index in [-0.39, 0.29) is 5.56 Å². The summed E-state index contributed by atoms with van der Waals surface area (Å²) in [6, 6.07) is 7.95. The summed E-state index contributed by atoms with van der Waals surface area (Å²) in [7, 11) is 0. The molecule has 1 aliphatic rings. The van der Waals surface area contributed by atoms with Gasteiger partial charge in [-0.15, -0.1) is 0 Å². The number of rotatable bonds is 7. The number of morpholine rings is 1. The first kappa shape index (κ1) is 20.0. The number of aromatic nitrogens is 3. The fraction of sp³-hybridized carbons (Fsp3) is 0.476. The van der Waals surface area contributed by atoms with Crippen LogP contribution in [0.3, 0.4) is 0 Å². The van der Waals surface area contributed by atoms with Crippen LogP contribution in [0.2, 0.25) is 0 Å². The highest BCUT2D eigenvalue weighted by Gasteiger charge is 2.19. The van der Waals surface area contributed by atoms with Gasteiger partial charge in [0.15, 0.2) is 0 Å².